The van der Waals surface area contributed by atoms with Gasteiger partial charge in [-0.2, -0.15) is 0 Å². The molecule has 0 fully saturated rings. The fourth-order valence-corrected chi connectivity index (χ4v) is 4.94. The number of pyridine rings is 2. The van der Waals surface area contributed by atoms with E-state index in [1.807, 2.05) is 67.6 Å². The largest absolute Gasteiger partial charge is 0.481 e. The Morgan fingerprint density at radius 3 is 2.62 bits per heavy atom. The third kappa shape index (κ3) is 4.21. The molecule has 0 saturated carbocycles. The second-order valence-corrected chi connectivity index (χ2v) is 9.25. The van der Waals surface area contributed by atoms with Gasteiger partial charge in [0, 0.05) is 36.0 Å². The van der Waals surface area contributed by atoms with Gasteiger partial charge >= 0.3 is 0 Å². The molecule has 1 atom stereocenters. The number of aromatic nitrogens is 5. The molecule has 2 aromatic carbocycles. The van der Waals surface area contributed by atoms with Gasteiger partial charge < -0.3 is 15.8 Å². The van der Waals surface area contributed by atoms with Crippen LogP contribution in [0.1, 0.15) is 29.0 Å². The molecule has 0 spiro atoms. The van der Waals surface area contributed by atoms with Crippen LogP contribution < -0.4 is 21.3 Å². The number of hydrogen-bond acceptors (Lipinski definition) is 7. The minimum atomic E-state index is -0.576. The average Bonchev–Trinajstić information content (AvgIpc) is 3.32. The van der Waals surface area contributed by atoms with Gasteiger partial charge in [-0.15, -0.1) is 5.10 Å². The Kier molecular flexibility index (Phi) is 6.19. The number of methoxy groups -OCH3 is 1. The standard InChI is InChI=1S/C30H25N7O3/c1-18(34-29(38)26-27(31)35-36-15-7-13-33-28(26)36)23-16-20-8-6-11-22(19-12-14-32-24(17-19)40-2)25(20)30(39)37(23)21-9-4-3-5-10-21/h3-18H,1-2H3,(H2,31,35)(H,34,38)/t18-/m0/s1. The van der Waals surface area contributed by atoms with Crippen LogP contribution in [0.25, 0.3) is 33.2 Å². The lowest BCUT2D eigenvalue weighted by Gasteiger charge is -2.21. The van der Waals surface area contributed by atoms with Crippen molar-refractivity contribution in [2.24, 2.45) is 0 Å². The van der Waals surface area contributed by atoms with Crippen molar-refractivity contribution in [1.82, 2.24) is 29.5 Å². The van der Waals surface area contributed by atoms with Crippen molar-refractivity contribution in [3.63, 3.8) is 0 Å². The zero-order valence-electron chi connectivity index (χ0n) is 21.8. The second kappa shape index (κ2) is 9.99. The first-order valence-electron chi connectivity index (χ1n) is 12.6. The van der Waals surface area contributed by atoms with Gasteiger partial charge in [0.05, 0.1) is 18.5 Å². The average molecular weight is 532 g/mol. The molecule has 40 heavy (non-hydrogen) atoms. The van der Waals surface area contributed by atoms with Crippen molar-refractivity contribution in [3.05, 3.63) is 113 Å². The minimum Gasteiger partial charge on any atom is -0.481 e. The number of nitrogens with one attached hydrogen (secondary N) is 1. The van der Waals surface area contributed by atoms with Crippen LogP contribution in [0.15, 0.2) is 96.2 Å². The van der Waals surface area contributed by atoms with Crippen molar-refractivity contribution < 1.29 is 9.53 Å². The number of nitrogens with two attached hydrogens (primary N) is 1. The van der Waals surface area contributed by atoms with Gasteiger partial charge in [0.2, 0.25) is 5.88 Å². The lowest BCUT2D eigenvalue weighted by Crippen LogP contribution is -2.32. The van der Waals surface area contributed by atoms with Gasteiger partial charge in [-0.1, -0.05) is 36.4 Å². The topological polar surface area (TPSA) is 129 Å². The van der Waals surface area contributed by atoms with E-state index in [-0.39, 0.29) is 16.9 Å². The van der Waals surface area contributed by atoms with Gasteiger partial charge in [0.25, 0.3) is 11.5 Å². The molecule has 3 N–H and O–H groups in total. The van der Waals surface area contributed by atoms with Crippen LogP contribution in [0.3, 0.4) is 0 Å². The van der Waals surface area contributed by atoms with Crippen LogP contribution in [0.2, 0.25) is 0 Å². The van der Waals surface area contributed by atoms with Gasteiger partial charge in [-0.05, 0) is 53.8 Å². The van der Waals surface area contributed by atoms with Crippen LogP contribution in [-0.4, -0.2) is 37.2 Å². The van der Waals surface area contributed by atoms with Crippen LogP contribution in [0.4, 0.5) is 5.82 Å². The molecule has 6 rings (SSSR count). The number of rotatable bonds is 6. The summed E-state index contributed by atoms with van der Waals surface area (Å²) in [5.74, 6) is 0.0792. The number of hydrogen-bond donors (Lipinski definition) is 2. The van der Waals surface area contributed by atoms with E-state index in [1.54, 1.807) is 42.4 Å². The molecular formula is C30H25N7O3. The molecule has 4 aromatic heterocycles. The highest BCUT2D eigenvalue weighted by Crippen LogP contribution is 2.30. The molecule has 6 aromatic rings. The summed E-state index contributed by atoms with van der Waals surface area (Å²) in [6, 6.07) is 21.7. The van der Waals surface area contributed by atoms with E-state index in [9.17, 15) is 9.59 Å². The molecule has 0 saturated heterocycles. The van der Waals surface area contributed by atoms with Crippen LogP contribution in [-0.2, 0) is 0 Å². The summed E-state index contributed by atoms with van der Waals surface area (Å²) < 4.78 is 8.40. The number of benzene rings is 2. The first-order valence-corrected chi connectivity index (χ1v) is 12.6. The number of carbonyl (C=O) groups is 1. The number of amides is 1. The number of fused-ring (bicyclic) bond motifs is 2. The smallest absolute Gasteiger partial charge is 0.263 e. The van der Waals surface area contributed by atoms with E-state index in [4.69, 9.17) is 10.5 Å². The molecular weight excluding hydrogens is 506 g/mol. The summed E-state index contributed by atoms with van der Waals surface area (Å²) in [5.41, 5.74) is 9.21. The van der Waals surface area contributed by atoms with E-state index < -0.39 is 11.9 Å². The van der Waals surface area contributed by atoms with Crippen molar-refractivity contribution >= 4 is 28.1 Å². The zero-order valence-corrected chi connectivity index (χ0v) is 21.8. The molecule has 0 aliphatic rings. The third-order valence-corrected chi connectivity index (χ3v) is 6.79. The van der Waals surface area contributed by atoms with Gasteiger partial charge in [0.15, 0.2) is 11.5 Å². The zero-order chi connectivity index (χ0) is 27.8. The maximum absolute atomic E-state index is 14.3. The molecule has 0 radical (unpaired) electrons. The van der Waals surface area contributed by atoms with Crippen molar-refractivity contribution in [2.45, 2.75) is 13.0 Å². The van der Waals surface area contributed by atoms with E-state index >= 15 is 0 Å². The molecule has 0 aliphatic carbocycles. The summed E-state index contributed by atoms with van der Waals surface area (Å²) in [6.07, 6.45) is 4.89. The van der Waals surface area contributed by atoms with Gasteiger partial charge in [-0.25, -0.2) is 14.5 Å². The Morgan fingerprint density at radius 2 is 1.82 bits per heavy atom. The monoisotopic (exact) mass is 531 g/mol. The maximum Gasteiger partial charge on any atom is 0.263 e. The third-order valence-electron chi connectivity index (χ3n) is 6.79. The lowest BCUT2D eigenvalue weighted by molar-refractivity contribution is 0.0941. The molecule has 198 valence electrons. The number of para-hydroxylation sites is 1. The summed E-state index contributed by atoms with van der Waals surface area (Å²) in [7, 11) is 1.55. The summed E-state index contributed by atoms with van der Waals surface area (Å²) in [5, 5.41) is 8.46. The van der Waals surface area contributed by atoms with Gasteiger partial charge in [0.1, 0.15) is 5.56 Å². The van der Waals surface area contributed by atoms with Crippen LogP contribution in [0.5, 0.6) is 5.88 Å². The molecule has 10 heteroatoms. The first-order chi connectivity index (χ1) is 19.5. The molecule has 0 aliphatic heterocycles. The lowest BCUT2D eigenvalue weighted by atomic mass is 9.98. The number of nitrogen functional groups attached to an aromatic ring is 1. The van der Waals surface area contributed by atoms with Gasteiger partial charge in [-0.3, -0.25) is 14.2 Å². The van der Waals surface area contributed by atoms with Crippen molar-refractivity contribution in [3.8, 4) is 22.7 Å². The fraction of sp³-hybridized carbons (Fsp3) is 0.100. The number of carbonyl (C=O) groups excluding carboxylic acids is 1. The molecule has 1 amide bonds. The Labute approximate surface area is 228 Å². The summed E-state index contributed by atoms with van der Waals surface area (Å²) in [6.45, 7) is 1.82. The van der Waals surface area contributed by atoms with E-state index in [0.717, 1.165) is 16.5 Å². The molecule has 10 nitrogen and oxygen atoms in total. The predicted molar refractivity (Wildman–Crippen MR) is 153 cm³/mol. The first kappa shape index (κ1) is 24.8. The maximum atomic E-state index is 14.3. The normalized spacial score (nSPS) is 11.9. The number of ether oxygens (including phenoxy) is 1. The molecule has 4 heterocycles. The number of nitrogens with zero attached hydrogens (tertiary/aromatic N) is 5. The predicted octanol–water partition coefficient (Wildman–Crippen LogP) is 4.18. The second-order valence-electron chi connectivity index (χ2n) is 9.25. The Hall–Kier alpha value is -5.51. The Bertz CT molecular complexity index is 1950. The van der Waals surface area contributed by atoms with Crippen LogP contribution >= 0.6 is 0 Å². The summed E-state index contributed by atoms with van der Waals surface area (Å²) in [4.78, 5) is 36.2. The SMILES string of the molecule is COc1cc(-c2cccc3cc([C@H](C)NC(=O)c4c(N)nn5cccnc45)n(-c4ccccc4)c(=O)c23)ccn1. The van der Waals surface area contributed by atoms with Crippen LogP contribution in [0, 0.1) is 0 Å². The fourth-order valence-electron chi connectivity index (χ4n) is 4.94. The number of anilines is 1. The quantitative estimate of drug-likeness (QED) is 0.330. The van der Waals surface area contributed by atoms with Crippen molar-refractivity contribution in [1.29, 1.82) is 0 Å². The molecule has 0 unspecified atom stereocenters. The highest BCUT2D eigenvalue weighted by molar-refractivity contribution is 6.04. The highest BCUT2D eigenvalue weighted by atomic mass is 16.5. The Morgan fingerprint density at radius 1 is 1.00 bits per heavy atom. The van der Waals surface area contributed by atoms with E-state index in [0.29, 0.717) is 28.3 Å². The summed E-state index contributed by atoms with van der Waals surface area (Å²) >= 11 is 0. The Balaban J connectivity index is 1.51. The van der Waals surface area contributed by atoms with E-state index in [2.05, 4.69) is 20.4 Å². The van der Waals surface area contributed by atoms with Crippen molar-refractivity contribution in [2.75, 3.05) is 12.8 Å². The highest BCUT2D eigenvalue weighted by Gasteiger charge is 2.24. The minimum absolute atomic E-state index is 0.0692. The van der Waals surface area contributed by atoms with E-state index in [1.165, 1.54) is 4.52 Å². The molecule has 0 bridgehead atoms.